The number of aliphatic hydroxyl groups is 1. The highest BCUT2D eigenvalue weighted by Crippen LogP contribution is 2.24. The Balaban J connectivity index is 2.09. The summed E-state index contributed by atoms with van der Waals surface area (Å²) in [5.74, 6) is -0.310. The number of benzene rings is 1. The second-order valence-corrected chi connectivity index (χ2v) is 5.02. The molecular weight excluding hydrogens is 266 g/mol. The van der Waals surface area contributed by atoms with Crippen molar-refractivity contribution in [3.63, 3.8) is 0 Å². The van der Waals surface area contributed by atoms with E-state index in [-0.39, 0.29) is 12.0 Å². The fraction of sp³-hybridized carbons (Fsp3) is 0.500. The molecule has 2 atom stereocenters. The average Bonchev–Trinajstić information content (AvgIpc) is 2.46. The van der Waals surface area contributed by atoms with E-state index in [1.165, 1.54) is 0 Å². The number of carbonyl (C=O) groups excluding carboxylic acids is 1. The second kappa shape index (κ2) is 6.37. The number of hydrogen-bond acceptors (Lipinski definition) is 3. The first-order chi connectivity index (χ1) is 9.13. The lowest BCUT2D eigenvalue weighted by atomic mass is 10.1. The Morgan fingerprint density at radius 3 is 3.00 bits per heavy atom. The third-order valence-corrected chi connectivity index (χ3v) is 3.68. The van der Waals surface area contributed by atoms with Crippen LogP contribution in [0.5, 0.6) is 0 Å². The van der Waals surface area contributed by atoms with Crippen molar-refractivity contribution >= 4 is 17.5 Å². The van der Waals surface area contributed by atoms with Crippen LogP contribution in [0.3, 0.4) is 0 Å². The molecule has 0 saturated carbocycles. The molecule has 5 heteroatoms. The minimum Gasteiger partial charge on any atom is -0.378 e. The molecule has 2 rings (SSSR count). The summed E-state index contributed by atoms with van der Waals surface area (Å²) in [5.41, 5.74) is 0.453. The standard InChI is InChI=1S/C14H18ClNO3/c1-2-10-9-16(7-8-19-10)14(18)13(17)11-5-3-4-6-12(11)15/h3-6,10,13,17H,2,7-9H2,1H3/t10?,13-/m1/s1. The van der Waals surface area contributed by atoms with Crippen LogP contribution in [0.15, 0.2) is 24.3 Å². The van der Waals surface area contributed by atoms with Gasteiger partial charge in [-0.15, -0.1) is 0 Å². The van der Waals surface area contributed by atoms with Gasteiger partial charge in [0.15, 0.2) is 6.10 Å². The Morgan fingerprint density at radius 1 is 1.58 bits per heavy atom. The van der Waals surface area contributed by atoms with Crippen molar-refractivity contribution in [2.45, 2.75) is 25.6 Å². The first-order valence-corrected chi connectivity index (χ1v) is 6.84. The van der Waals surface area contributed by atoms with Gasteiger partial charge in [0.25, 0.3) is 5.91 Å². The number of carbonyl (C=O) groups is 1. The van der Waals surface area contributed by atoms with E-state index in [1.54, 1.807) is 29.2 Å². The number of halogens is 1. The van der Waals surface area contributed by atoms with Gasteiger partial charge in [-0.2, -0.15) is 0 Å². The Morgan fingerprint density at radius 2 is 2.32 bits per heavy atom. The monoisotopic (exact) mass is 283 g/mol. The minimum atomic E-state index is -1.20. The summed E-state index contributed by atoms with van der Waals surface area (Å²) in [4.78, 5) is 13.9. The van der Waals surface area contributed by atoms with E-state index in [1.807, 2.05) is 6.92 Å². The predicted molar refractivity (Wildman–Crippen MR) is 73.0 cm³/mol. The van der Waals surface area contributed by atoms with Crippen LogP contribution in [0, 0.1) is 0 Å². The number of amides is 1. The highest BCUT2D eigenvalue weighted by atomic mass is 35.5. The number of nitrogens with zero attached hydrogens (tertiary/aromatic N) is 1. The van der Waals surface area contributed by atoms with Gasteiger partial charge < -0.3 is 14.7 Å². The topological polar surface area (TPSA) is 49.8 Å². The quantitative estimate of drug-likeness (QED) is 0.923. The molecule has 0 aliphatic carbocycles. The summed E-state index contributed by atoms with van der Waals surface area (Å²) in [6.07, 6.45) is -0.299. The number of ether oxygens (including phenoxy) is 1. The largest absolute Gasteiger partial charge is 0.378 e. The molecule has 1 aliphatic rings. The third-order valence-electron chi connectivity index (χ3n) is 3.34. The van der Waals surface area contributed by atoms with Gasteiger partial charge >= 0.3 is 0 Å². The molecule has 0 bridgehead atoms. The molecule has 1 aliphatic heterocycles. The lowest BCUT2D eigenvalue weighted by Gasteiger charge is -2.33. The average molecular weight is 284 g/mol. The second-order valence-electron chi connectivity index (χ2n) is 4.61. The zero-order valence-electron chi connectivity index (χ0n) is 10.9. The van der Waals surface area contributed by atoms with Gasteiger partial charge in [-0.1, -0.05) is 36.7 Å². The van der Waals surface area contributed by atoms with Gasteiger partial charge in [-0.3, -0.25) is 4.79 Å². The number of aliphatic hydroxyl groups excluding tert-OH is 1. The number of morpholine rings is 1. The van der Waals surface area contributed by atoms with E-state index in [0.29, 0.717) is 30.3 Å². The molecule has 1 unspecified atom stereocenters. The highest BCUT2D eigenvalue weighted by Gasteiger charge is 2.29. The number of hydrogen-bond donors (Lipinski definition) is 1. The van der Waals surface area contributed by atoms with E-state index in [4.69, 9.17) is 16.3 Å². The highest BCUT2D eigenvalue weighted by molar-refractivity contribution is 6.31. The smallest absolute Gasteiger partial charge is 0.256 e. The Kier molecular flexibility index (Phi) is 4.80. The van der Waals surface area contributed by atoms with Crippen molar-refractivity contribution < 1.29 is 14.6 Å². The molecule has 0 radical (unpaired) electrons. The fourth-order valence-corrected chi connectivity index (χ4v) is 2.41. The third kappa shape index (κ3) is 3.26. The van der Waals surface area contributed by atoms with Crippen molar-refractivity contribution in [3.05, 3.63) is 34.9 Å². The molecule has 1 heterocycles. The molecule has 1 fully saturated rings. The van der Waals surface area contributed by atoms with Crippen LogP contribution in [0.25, 0.3) is 0 Å². The van der Waals surface area contributed by atoms with Crippen LogP contribution < -0.4 is 0 Å². The summed E-state index contributed by atoms with van der Waals surface area (Å²) >= 11 is 6.00. The maximum Gasteiger partial charge on any atom is 0.256 e. The van der Waals surface area contributed by atoms with E-state index in [0.717, 1.165) is 6.42 Å². The molecule has 19 heavy (non-hydrogen) atoms. The molecule has 0 spiro atoms. The fourth-order valence-electron chi connectivity index (χ4n) is 2.17. The molecule has 1 aromatic rings. The Bertz CT molecular complexity index is 452. The minimum absolute atomic E-state index is 0.0520. The molecule has 0 aromatic heterocycles. The van der Waals surface area contributed by atoms with Gasteiger partial charge in [-0.05, 0) is 12.5 Å². The summed E-state index contributed by atoms with van der Waals surface area (Å²) in [7, 11) is 0. The summed E-state index contributed by atoms with van der Waals surface area (Å²) < 4.78 is 5.52. The van der Waals surface area contributed by atoms with Gasteiger partial charge in [0.2, 0.25) is 0 Å². The van der Waals surface area contributed by atoms with Gasteiger partial charge in [0, 0.05) is 23.7 Å². The van der Waals surface area contributed by atoms with Crippen molar-refractivity contribution in [1.82, 2.24) is 4.90 Å². The Hall–Kier alpha value is -1.10. The molecule has 1 aromatic carbocycles. The summed E-state index contributed by atoms with van der Waals surface area (Å²) in [5, 5.41) is 10.6. The molecule has 1 N–H and O–H groups in total. The predicted octanol–water partition coefficient (Wildman–Crippen LogP) is 2.01. The van der Waals surface area contributed by atoms with Crippen molar-refractivity contribution in [1.29, 1.82) is 0 Å². The van der Waals surface area contributed by atoms with Crippen LogP contribution in [0.1, 0.15) is 25.0 Å². The SMILES string of the molecule is CCC1CN(C(=O)[C@H](O)c2ccccc2Cl)CCO1. The molecule has 1 amide bonds. The first kappa shape index (κ1) is 14.3. The van der Waals surface area contributed by atoms with Gasteiger partial charge in [0.1, 0.15) is 0 Å². The zero-order chi connectivity index (χ0) is 13.8. The van der Waals surface area contributed by atoms with E-state index in [2.05, 4.69) is 0 Å². The number of rotatable bonds is 3. The van der Waals surface area contributed by atoms with Gasteiger partial charge in [0.05, 0.1) is 12.7 Å². The molecule has 104 valence electrons. The van der Waals surface area contributed by atoms with Crippen LogP contribution in [-0.4, -0.2) is 41.7 Å². The molecule has 1 saturated heterocycles. The van der Waals surface area contributed by atoms with Crippen LogP contribution in [0.2, 0.25) is 5.02 Å². The van der Waals surface area contributed by atoms with Crippen molar-refractivity contribution in [2.24, 2.45) is 0 Å². The van der Waals surface area contributed by atoms with Gasteiger partial charge in [-0.25, -0.2) is 0 Å². The lowest BCUT2D eigenvalue weighted by molar-refractivity contribution is -0.148. The molecule has 4 nitrogen and oxygen atoms in total. The Labute approximate surface area is 117 Å². The van der Waals surface area contributed by atoms with E-state index < -0.39 is 6.10 Å². The zero-order valence-corrected chi connectivity index (χ0v) is 11.6. The van der Waals surface area contributed by atoms with Crippen molar-refractivity contribution in [2.75, 3.05) is 19.7 Å². The van der Waals surface area contributed by atoms with Crippen LogP contribution >= 0.6 is 11.6 Å². The van der Waals surface area contributed by atoms with E-state index >= 15 is 0 Å². The summed E-state index contributed by atoms with van der Waals surface area (Å²) in [6, 6.07) is 6.86. The van der Waals surface area contributed by atoms with Crippen LogP contribution in [0.4, 0.5) is 0 Å². The molecular formula is C14H18ClNO3. The summed E-state index contributed by atoms with van der Waals surface area (Å²) in [6.45, 7) is 3.57. The lowest BCUT2D eigenvalue weighted by Crippen LogP contribution is -2.47. The maximum atomic E-state index is 12.3. The maximum absolute atomic E-state index is 12.3. The first-order valence-electron chi connectivity index (χ1n) is 6.46. The normalized spacial score (nSPS) is 21.2. The van der Waals surface area contributed by atoms with Crippen molar-refractivity contribution in [3.8, 4) is 0 Å². The van der Waals surface area contributed by atoms with Crippen LogP contribution in [-0.2, 0) is 9.53 Å². The van der Waals surface area contributed by atoms with E-state index in [9.17, 15) is 9.90 Å².